The number of fused-ring (bicyclic) bond motifs is 2. The number of nitrogens with one attached hydrogen (secondary N) is 1. The average molecular weight is 432 g/mol. The number of aromatic nitrogens is 2. The molecule has 0 saturated heterocycles. The van der Waals surface area contributed by atoms with Crippen LogP contribution in [0.4, 0.5) is 0 Å². The Morgan fingerprint density at radius 1 is 1.23 bits per heavy atom. The largest absolute Gasteiger partial charge is 0.493 e. The Kier molecular flexibility index (Phi) is 5.03. The Labute approximate surface area is 183 Å². The highest BCUT2D eigenvalue weighted by atomic mass is 32.1. The maximum Gasteiger partial charge on any atom is 0.263 e. The van der Waals surface area contributed by atoms with Crippen LogP contribution < -0.4 is 15.6 Å². The standard InChI is InChI=1S/C24H21N3O3S/c1-15-6-8-16(9-7-15)18-13-31-23-22(18)24(29)27(14-25-23)12-21(28)26-19-10-11-30-20-5-3-2-4-17(19)20/h2-9,13-14,19H,10-12H2,1H3,(H,26,28). The summed E-state index contributed by atoms with van der Waals surface area (Å²) < 4.78 is 7.04. The fourth-order valence-corrected chi connectivity index (χ4v) is 4.82. The van der Waals surface area contributed by atoms with Gasteiger partial charge in [0, 0.05) is 22.9 Å². The zero-order chi connectivity index (χ0) is 21.4. The van der Waals surface area contributed by atoms with Crippen molar-refractivity contribution in [3.63, 3.8) is 0 Å². The van der Waals surface area contributed by atoms with E-state index in [0.717, 1.165) is 28.0 Å². The number of benzene rings is 2. The fraction of sp³-hybridized carbons (Fsp3) is 0.208. The van der Waals surface area contributed by atoms with Crippen LogP contribution in [-0.4, -0.2) is 22.1 Å². The molecule has 5 rings (SSSR count). The van der Waals surface area contributed by atoms with E-state index in [-0.39, 0.29) is 24.1 Å². The third kappa shape index (κ3) is 3.72. The molecule has 31 heavy (non-hydrogen) atoms. The third-order valence-electron chi connectivity index (χ3n) is 5.53. The van der Waals surface area contributed by atoms with E-state index in [1.165, 1.54) is 22.2 Å². The van der Waals surface area contributed by atoms with Crippen molar-refractivity contribution < 1.29 is 9.53 Å². The number of ether oxygens (including phenoxy) is 1. The summed E-state index contributed by atoms with van der Waals surface area (Å²) in [4.78, 5) is 31.1. The lowest BCUT2D eigenvalue weighted by atomic mass is 10.0. The molecule has 0 saturated carbocycles. The molecule has 1 unspecified atom stereocenters. The normalized spacial score (nSPS) is 15.3. The molecule has 2 aromatic carbocycles. The highest BCUT2D eigenvalue weighted by Gasteiger charge is 2.23. The SMILES string of the molecule is Cc1ccc(-c2csc3ncn(CC(=O)NC4CCOc5ccccc54)c(=O)c23)cc1. The molecule has 1 amide bonds. The van der Waals surface area contributed by atoms with Gasteiger partial charge in [0.05, 0.1) is 24.4 Å². The van der Waals surface area contributed by atoms with Gasteiger partial charge in [-0.3, -0.25) is 14.2 Å². The minimum absolute atomic E-state index is 0.0789. The molecule has 4 aromatic rings. The Morgan fingerprint density at radius 3 is 2.87 bits per heavy atom. The first-order chi connectivity index (χ1) is 15.1. The van der Waals surface area contributed by atoms with Crippen LogP contribution in [0.15, 0.2) is 65.0 Å². The number of carbonyl (C=O) groups excluding carboxylic acids is 1. The molecule has 3 heterocycles. The predicted molar refractivity (Wildman–Crippen MR) is 121 cm³/mol. The second kappa shape index (κ2) is 8.00. The summed E-state index contributed by atoms with van der Waals surface area (Å²) >= 11 is 1.44. The van der Waals surface area contributed by atoms with Crippen molar-refractivity contribution in [2.45, 2.75) is 25.9 Å². The Morgan fingerprint density at radius 2 is 2.03 bits per heavy atom. The molecule has 1 atom stereocenters. The highest BCUT2D eigenvalue weighted by Crippen LogP contribution is 2.32. The first-order valence-corrected chi connectivity index (χ1v) is 11.0. The Balaban J connectivity index is 1.42. The lowest BCUT2D eigenvalue weighted by molar-refractivity contribution is -0.122. The zero-order valence-corrected chi connectivity index (χ0v) is 17.8. The van der Waals surface area contributed by atoms with Gasteiger partial charge in [-0.15, -0.1) is 11.3 Å². The molecule has 1 N–H and O–H groups in total. The van der Waals surface area contributed by atoms with Crippen molar-refractivity contribution in [1.82, 2.24) is 14.9 Å². The summed E-state index contributed by atoms with van der Waals surface area (Å²) in [5.41, 5.74) is 3.74. The minimum atomic E-state index is -0.225. The molecule has 6 nitrogen and oxygen atoms in total. The Hall–Kier alpha value is -3.45. The van der Waals surface area contributed by atoms with Gasteiger partial charge in [0.2, 0.25) is 5.91 Å². The Bertz CT molecular complexity index is 1320. The number of hydrogen-bond donors (Lipinski definition) is 1. The molecule has 0 fully saturated rings. The highest BCUT2D eigenvalue weighted by molar-refractivity contribution is 7.17. The number of rotatable bonds is 4. The number of carbonyl (C=O) groups is 1. The predicted octanol–water partition coefficient (Wildman–Crippen LogP) is 4.07. The fourth-order valence-electron chi connectivity index (χ4n) is 3.91. The molecule has 0 radical (unpaired) electrons. The number of aryl methyl sites for hydroxylation is 1. The summed E-state index contributed by atoms with van der Waals surface area (Å²) in [6.07, 6.45) is 2.15. The second-order valence-electron chi connectivity index (χ2n) is 7.67. The summed E-state index contributed by atoms with van der Waals surface area (Å²) in [5, 5.41) is 5.55. The molecule has 2 aromatic heterocycles. The van der Waals surface area contributed by atoms with Crippen LogP contribution in [-0.2, 0) is 11.3 Å². The number of amides is 1. The first-order valence-electron chi connectivity index (χ1n) is 10.1. The van der Waals surface area contributed by atoms with Gasteiger partial charge in [-0.25, -0.2) is 4.98 Å². The maximum atomic E-state index is 13.2. The van der Waals surface area contributed by atoms with Crippen LogP contribution in [0.3, 0.4) is 0 Å². The number of nitrogens with zero attached hydrogens (tertiary/aromatic N) is 2. The van der Waals surface area contributed by atoms with Crippen LogP contribution >= 0.6 is 11.3 Å². The molecule has 0 aliphatic carbocycles. The van der Waals surface area contributed by atoms with Crippen molar-refractivity contribution in [3.8, 4) is 16.9 Å². The van der Waals surface area contributed by atoms with E-state index in [0.29, 0.717) is 23.2 Å². The molecule has 7 heteroatoms. The lowest BCUT2D eigenvalue weighted by Crippen LogP contribution is -2.36. The third-order valence-corrected chi connectivity index (χ3v) is 6.42. The maximum absolute atomic E-state index is 13.2. The summed E-state index contributed by atoms with van der Waals surface area (Å²) in [5.74, 6) is 0.567. The van der Waals surface area contributed by atoms with Gasteiger partial charge < -0.3 is 10.1 Å². The van der Waals surface area contributed by atoms with Crippen LogP contribution in [0, 0.1) is 6.92 Å². The average Bonchev–Trinajstić information content (AvgIpc) is 3.21. The van der Waals surface area contributed by atoms with Crippen molar-refractivity contribution in [1.29, 1.82) is 0 Å². The molecule has 1 aliphatic heterocycles. The van der Waals surface area contributed by atoms with E-state index in [4.69, 9.17) is 4.74 Å². The first kappa shape index (κ1) is 19.5. The molecular formula is C24H21N3O3S. The van der Waals surface area contributed by atoms with Gasteiger partial charge in [0.25, 0.3) is 5.56 Å². The number of hydrogen-bond acceptors (Lipinski definition) is 5. The molecule has 0 spiro atoms. The smallest absolute Gasteiger partial charge is 0.263 e. The van der Waals surface area contributed by atoms with Gasteiger partial charge in [0.15, 0.2) is 0 Å². The monoisotopic (exact) mass is 431 g/mol. The van der Waals surface area contributed by atoms with E-state index in [2.05, 4.69) is 10.3 Å². The van der Waals surface area contributed by atoms with E-state index >= 15 is 0 Å². The van der Waals surface area contributed by atoms with Crippen molar-refractivity contribution >= 4 is 27.5 Å². The topological polar surface area (TPSA) is 73.2 Å². The zero-order valence-electron chi connectivity index (χ0n) is 17.0. The van der Waals surface area contributed by atoms with E-state index in [1.54, 1.807) is 0 Å². The molecular weight excluding hydrogens is 410 g/mol. The van der Waals surface area contributed by atoms with E-state index in [1.807, 2.05) is 60.8 Å². The van der Waals surface area contributed by atoms with Crippen LogP contribution in [0.5, 0.6) is 5.75 Å². The summed E-state index contributed by atoms with van der Waals surface area (Å²) in [6.45, 7) is 2.49. The number of para-hydroxylation sites is 1. The van der Waals surface area contributed by atoms with Crippen LogP contribution in [0.2, 0.25) is 0 Å². The van der Waals surface area contributed by atoms with Gasteiger partial charge in [-0.2, -0.15) is 0 Å². The molecule has 156 valence electrons. The van der Waals surface area contributed by atoms with Gasteiger partial charge >= 0.3 is 0 Å². The van der Waals surface area contributed by atoms with Gasteiger partial charge in [0.1, 0.15) is 17.1 Å². The quantitative estimate of drug-likeness (QED) is 0.529. The van der Waals surface area contributed by atoms with E-state index < -0.39 is 0 Å². The van der Waals surface area contributed by atoms with Crippen molar-refractivity contribution in [3.05, 3.63) is 81.7 Å². The van der Waals surface area contributed by atoms with Crippen molar-refractivity contribution in [2.24, 2.45) is 0 Å². The number of thiophene rings is 1. The summed E-state index contributed by atoms with van der Waals surface area (Å²) in [6, 6.07) is 15.6. The molecule has 0 bridgehead atoms. The minimum Gasteiger partial charge on any atom is -0.493 e. The van der Waals surface area contributed by atoms with Gasteiger partial charge in [-0.1, -0.05) is 48.0 Å². The molecule has 1 aliphatic rings. The van der Waals surface area contributed by atoms with Crippen LogP contribution in [0.1, 0.15) is 23.6 Å². The van der Waals surface area contributed by atoms with Gasteiger partial charge in [-0.05, 0) is 18.6 Å². The van der Waals surface area contributed by atoms with Crippen molar-refractivity contribution in [2.75, 3.05) is 6.61 Å². The second-order valence-corrected chi connectivity index (χ2v) is 8.53. The summed E-state index contributed by atoms with van der Waals surface area (Å²) in [7, 11) is 0. The van der Waals surface area contributed by atoms with Crippen LogP contribution in [0.25, 0.3) is 21.3 Å². The lowest BCUT2D eigenvalue weighted by Gasteiger charge is -2.26. The van der Waals surface area contributed by atoms with E-state index in [9.17, 15) is 9.59 Å².